The average molecular weight is 306 g/mol. The first-order valence-electron chi connectivity index (χ1n) is 6.37. The summed E-state index contributed by atoms with van der Waals surface area (Å²) in [5, 5.41) is 3.14. The summed E-state index contributed by atoms with van der Waals surface area (Å²) in [5.41, 5.74) is 6.86. The fraction of sp³-hybridized carbons (Fsp3) is 0.200. The minimum absolute atomic E-state index is 0.153. The van der Waals surface area contributed by atoms with Crippen LogP contribution in [0.25, 0.3) is 0 Å². The number of nitrogens with zero attached hydrogens (tertiary/aromatic N) is 1. The van der Waals surface area contributed by atoms with Gasteiger partial charge in [-0.1, -0.05) is 23.7 Å². The number of aromatic nitrogens is 1. The molecule has 0 aliphatic rings. The molecule has 0 radical (unpaired) electrons. The molecular formula is C15H16ClN3O2. The SMILES string of the molecule is COc1ccc(C(C)NC(=O)c2cnc(N)c(Cl)c2)cc1. The van der Waals surface area contributed by atoms with Crippen molar-refractivity contribution < 1.29 is 9.53 Å². The van der Waals surface area contributed by atoms with Crippen LogP contribution in [0.2, 0.25) is 5.02 Å². The lowest BCUT2D eigenvalue weighted by Gasteiger charge is -2.15. The third kappa shape index (κ3) is 3.64. The first kappa shape index (κ1) is 15.1. The Balaban J connectivity index is 2.08. The van der Waals surface area contributed by atoms with Crippen LogP contribution >= 0.6 is 11.6 Å². The highest BCUT2D eigenvalue weighted by Crippen LogP contribution is 2.19. The zero-order valence-electron chi connectivity index (χ0n) is 11.8. The van der Waals surface area contributed by atoms with Crippen molar-refractivity contribution in [3.8, 4) is 5.75 Å². The summed E-state index contributed by atoms with van der Waals surface area (Å²) in [6.07, 6.45) is 1.40. The molecule has 0 fully saturated rings. The summed E-state index contributed by atoms with van der Waals surface area (Å²) < 4.78 is 5.10. The molecule has 0 spiro atoms. The molecular weight excluding hydrogens is 290 g/mol. The van der Waals surface area contributed by atoms with Crippen molar-refractivity contribution in [3.05, 3.63) is 52.7 Å². The molecule has 2 rings (SSSR count). The standard InChI is InChI=1S/C15H16ClN3O2/c1-9(10-3-5-12(21-2)6-4-10)19-15(20)11-7-13(16)14(17)18-8-11/h3-9H,1-2H3,(H2,17,18)(H,19,20). The molecule has 1 heterocycles. The fourth-order valence-electron chi connectivity index (χ4n) is 1.83. The number of pyridine rings is 1. The smallest absolute Gasteiger partial charge is 0.253 e. The monoisotopic (exact) mass is 305 g/mol. The van der Waals surface area contributed by atoms with Gasteiger partial charge < -0.3 is 15.8 Å². The number of carbonyl (C=O) groups is 1. The summed E-state index contributed by atoms with van der Waals surface area (Å²) in [6.45, 7) is 1.89. The summed E-state index contributed by atoms with van der Waals surface area (Å²) in [6, 6.07) is 8.84. The number of anilines is 1. The van der Waals surface area contributed by atoms with Crippen LogP contribution < -0.4 is 15.8 Å². The lowest BCUT2D eigenvalue weighted by molar-refractivity contribution is 0.0939. The van der Waals surface area contributed by atoms with E-state index in [1.165, 1.54) is 12.3 Å². The lowest BCUT2D eigenvalue weighted by atomic mass is 10.1. The van der Waals surface area contributed by atoms with Gasteiger partial charge in [-0.2, -0.15) is 0 Å². The summed E-state index contributed by atoms with van der Waals surface area (Å²) in [4.78, 5) is 16.0. The topological polar surface area (TPSA) is 77.2 Å². The molecule has 21 heavy (non-hydrogen) atoms. The number of ether oxygens (including phenoxy) is 1. The fourth-order valence-corrected chi connectivity index (χ4v) is 1.99. The minimum Gasteiger partial charge on any atom is -0.497 e. The zero-order chi connectivity index (χ0) is 15.4. The van der Waals surface area contributed by atoms with Crippen LogP contribution in [0.4, 0.5) is 5.82 Å². The third-order valence-corrected chi connectivity index (χ3v) is 3.40. The first-order chi connectivity index (χ1) is 10.0. The molecule has 1 amide bonds. The molecule has 0 bridgehead atoms. The van der Waals surface area contributed by atoms with Crippen LogP contribution in [0.1, 0.15) is 28.9 Å². The van der Waals surface area contributed by atoms with E-state index in [1.54, 1.807) is 7.11 Å². The van der Waals surface area contributed by atoms with Crippen molar-refractivity contribution in [2.24, 2.45) is 0 Å². The number of nitrogens with one attached hydrogen (secondary N) is 1. The van der Waals surface area contributed by atoms with E-state index in [2.05, 4.69) is 10.3 Å². The first-order valence-corrected chi connectivity index (χ1v) is 6.75. The quantitative estimate of drug-likeness (QED) is 0.910. The van der Waals surface area contributed by atoms with E-state index in [1.807, 2.05) is 31.2 Å². The van der Waals surface area contributed by atoms with E-state index >= 15 is 0 Å². The van der Waals surface area contributed by atoms with E-state index < -0.39 is 0 Å². The van der Waals surface area contributed by atoms with Crippen LogP contribution in [0.5, 0.6) is 5.75 Å². The second kappa shape index (κ2) is 6.45. The van der Waals surface area contributed by atoms with Gasteiger partial charge in [0, 0.05) is 6.20 Å². The molecule has 1 aromatic heterocycles. The van der Waals surface area contributed by atoms with Crippen LogP contribution in [0.15, 0.2) is 36.5 Å². The molecule has 0 aliphatic carbocycles. The Morgan fingerprint density at radius 1 is 1.38 bits per heavy atom. The van der Waals surface area contributed by atoms with Crippen molar-refractivity contribution >= 4 is 23.3 Å². The number of nitrogens with two attached hydrogens (primary N) is 1. The number of halogens is 1. The molecule has 1 aromatic carbocycles. The van der Waals surface area contributed by atoms with Crippen molar-refractivity contribution in [2.75, 3.05) is 12.8 Å². The van der Waals surface area contributed by atoms with Crippen LogP contribution in [0.3, 0.4) is 0 Å². The van der Waals surface area contributed by atoms with E-state index in [4.69, 9.17) is 22.1 Å². The number of amides is 1. The molecule has 1 unspecified atom stereocenters. The second-order valence-corrected chi connectivity index (χ2v) is 4.97. The summed E-state index contributed by atoms with van der Waals surface area (Å²) in [7, 11) is 1.61. The maximum Gasteiger partial charge on any atom is 0.253 e. The Bertz CT molecular complexity index is 644. The largest absolute Gasteiger partial charge is 0.497 e. The number of benzene rings is 1. The van der Waals surface area contributed by atoms with Crippen molar-refractivity contribution in [1.82, 2.24) is 10.3 Å². The summed E-state index contributed by atoms with van der Waals surface area (Å²) >= 11 is 5.86. The predicted octanol–water partition coefficient (Wildman–Crippen LogP) is 2.82. The van der Waals surface area contributed by atoms with Crippen LogP contribution in [0, 0.1) is 0 Å². The molecule has 1 atom stereocenters. The van der Waals surface area contributed by atoms with Gasteiger partial charge in [0.25, 0.3) is 5.91 Å². The van der Waals surface area contributed by atoms with Gasteiger partial charge >= 0.3 is 0 Å². The number of hydrogen-bond donors (Lipinski definition) is 2. The van der Waals surface area contributed by atoms with Gasteiger partial charge in [0.2, 0.25) is 0 Å². The van der Waals surface area contributed by atoms with Crippen molar-refractivity contribution in [2.45, 2.75) is 13.0 Å². The molecule has 110 valence electrons. The maximum atomic E-state index is 12.1. The lowest BCUT2D eigenvalue weighted by Crippen LogP contribution is -2.26. The Labute approximate surface area is 128 Å². The van der Waals surface area contributed by atoms with Crippen molar-refractivity contribution in [1.29, 1.82) is 0 Å². The van der Waals surface area contributed by atoms with Gasteiger partial charge in [-0.15, -0.1) is 0 Å². The van der Waals surface area contributed by atoms with E-state index in [0.717, 1.165) is 11.3 Å². The summed E-state index contributed by atoms with van der Waals surface area (Å²) in [5.74, 6) is 0.718. The number of hydrogen-bond acceptors (Lipinski definition) is 4. The van der Waals surface area contributed by atoms with Gasteiger partial charge in [0.15, 0.2) is 0 Å². The number of carbonyl (C=O) groups excluding carboxylic acids is 1. The molecule has 0 saturated carbocycles. The Hall–Kier alpha value is -2.27. The predicted molar refractivity (Wildman–Crippen MR) is 82.5 cm³/mol. The molecule has 0 saturated heterocycles. The molecule has 5 nitrogen and oxygen atoms in total. The maximum absolute atomic E-state index is 12.1. The number of methoxy groups -OCH3 is 1. The molecule has 2 aromatic rings. The van der Waals surface area contributed by atoms with Gasteiger partial charge in [-0.25, -0.2) is 4.98 Å². The van der Waals surface area contributed by atoms with E-state index in [-0.39, 0.29) is 22.8 Å². The highest BCUT2D eigenvalue weighted by atomic mass is 35.5. The molecule has 6 heteroatoms. The van der Waals surface area contributed by atoms with Gasteiger partial charge in [-0.3, -0.25) is 4.79 Å². The average Bonchev–Trinajstić information content (AvgIpc) is 2.50. The third-order valence-electron chi connectivity index (χ3n) is 3.10. The minimum atomic E-state index is -0.257. The van der Waals surface area contributed by atoms with E-state index in [0.29, 0.717) is 5.56 Å². The van der Waals surface area contributed by atoms with Gasteiger partial charge in [0.05, 0.1) is 23.7 Å². The number of rotatable bonds is 4. The van der Waals surface area contributed by atoms with Gasteiger partial charge in [0.1, 0.15) is 11.6 Å². The van der Waals surface area contributed by atoms with Gasteiger partial charge in [-0.05, 0) is 30.7 Å². The normalized spacial score (nSPS) is 11.8. The Kier molecular flexibility index (Phi) is 4.65. The van der Waals surface area contributed by atoms with Crippen LogP contribution in [-0.2, 0) is 0 Å². The molecule has 0 aliphatic heterocycles. The van der Waals surface area contributed by atoms with E-state index in [9.17, 15) is 4.79 Å². The zero-order valence-corrected chi connectivity index (χ0v) is 12.5. The Morgan fingerprint density at radius 3 is 2.62 bits per heavy atom. The highest BCUT2D eigenvalue weighted by molar-refractivity contribution is 6.33. The second-order valence-electron chi connectivity index (χ2n) is 4.56. The number of nitrogen functional groups attached to an aromatic ring is 1. The Morgan fingerprint density at radius 2 is 2.05 bits per heavy atom. The van der Waals surface area contributed by atoms with Crippen molar-refractivity contribution in [3.63, 3.8) is 0 Å². The highest BCUT2D eigenvalue weighted by Gasteiger charge is 2.13. The molecule has 3 N–H and O–H groups in total. The van der Waals surface area contributed by atoms with Crippen LogP contribution in [-0.4, -0.2) is 18.0 Å².